The number of likely N-dealkylation sites (tertiary alicyclic amines) is 1. The number of nitrogens with zero attached hydrogens (tertiary/aromatic N) is 1. The van der Waals surface area contributed by atoms with Gasteiger partial charge in [0.05, 0.1) is 0 Å². The van der Waals surface area contributed by atoms with Crippen LogP contribution >= 0.6 is 15.9 Å². The highest BCUT2D eigenvalue weighted by Crippen LogP contribution is 2.19. The van der Waals surface area contributed by atoms with Gasteiger partial charge in [0.15, 0.2) is 0 Å². The molecular weight excluding hydrogens is 296 g/mol. The molecule has 1 atom stereocenters. The standard InChI is InChI=1S/C13H15BrN2O2/c14-10-6-4-9(5-7-10)11(15)8-16-12(17)2-1-3-13(16)18/h4-7,11H,1-3,8,15H2/t11-/m0/s1. The first kappa shape index (κ1) is 13.2. The van der Waals surface area contributed by atoms with Gasteiger partial charge in [-0.3, -0.25) is 14.5 Å². The van der Waals surface area contributed by atoms with E-state index in [1.165, 1.54) is 4.90 Å². The van der Waals surface area contributed by atoms with Crippen molar-refractivity contribution in [2.24, 2.45) is 5.73 Å². The molecule has 0 radical (unpaired) electrons. The number of carbonyl (C=O) groups excluding carboxylic acids is 2. The van der Waals surface area contributed by atoms with Gasteiger partial charge in [-0.25, -0.2) is 0 Å². The second-order valence-electron chi connectivity index (χ2n) is 4.41. The van der Waals surface area contributed by atoms with E-state index >= 15 is 0 Å². The van der Waals surface area contributed by atoms with Crippen LogP contribution in [0.15, 0.2) is 28.7 Å². The van der Waals surface area contributed by atoms with Crippen LogP contribution in [0.3, 0.4) is 0 Å². The second-order valence-corrected chi connectivity index (χ2v) is 5.33. The van der Waals surface area contributed by atoms with E-state index in [1.54, 1.807) is 0 Å². The molecule has 2 N–H and O–H groups in total. The molecule has 1 saturated heterocycles. The molecule has 0 unspecified atom stereocenters. The predicted molar refractivity (Wildman–Crippen MR) is 71.6 cm³/mol. The minimum Gasteiger partial charge on any atom is -0.322 e. The van der Waals surface area contributed by atoms with Crippen molar-refractivity contribution in [3.05, 3.63) is 34.3 Å². The molecular formula is C13H15BrN2O2. The van der Waals surface area contributed by atoms with Crippen LogP contribution in [0.5, 0.6) is 0 Å². The van der Waals surface area contributed by atoms with Crippen LogP contribution in [0.25, 0.3) is 0 Å². The maximum absolute atomic E-state index is 11.7. The van der Waals surface area contributed by atoms with Crippen LogP contribution in [-0.4, -0.2) is 23.3 Å². The number of rotatable bonds is 3. The lowest BCUT2D eigenvalue weighted by Crippen LogP contribution is -2.43. The van der Waals surface area contributed by atoms with Crippen molar-refractivity contribution in [2.75, 3.05) is 6.54 Å². The number of benzene rings is 1. The molecule has 0 aliphatic carbocycles. The van der Waals surface area contributed by atoms with E-state index < -0.39 is 0 Å². The van der Waals surface area contributed by atoms with Gasteiger partial charge in [0.1, 0.15) is 0 Å². The smallest absolute Gasteiger partial charge is 0.229 e. The summed E-state index contributed by atoms with van der Waals surface area (Å²) >= 11 is 3.35. The lowest BCUT2D eigenvalue weighted by atomic mass is 10.0. The lowest BCUT2D eigenvalue weighted by molar-refractivity contribution is -0.148. The van der Waals surface area contributed by atoms with E-state index in [4.69, 9.17) is 5.73 Å². The van der Waals surface area contributed by atoms with Crippen molar-refractivity contribution < 1.29 is 9.59 Å². The van der Waals surface area contributed by atoms with Gasteiger partial charge in [0, 0.05) is 29.9 Å². The molecule has 0 bridgehead atoms. The Morgan fingerprint density at radius 2 is 1.72 bits per heavy atom. The lowest BCUT2D eigenvalue weighted by Gasteiger charge is -2.27. The maximum Gasteiger partial charge on any atom is 0.229 e. The van der Waals surface area contributed by atoms with Crippen LogP contribution in [-0.2, 0) is 9.59 Å². The molecule has 0 saturated carbocycles. The van der Waals surface area contributed by atoms with Gasteiger partial charge in [-0.15, -0.1) is 0 Å². The van der Waals surface area contributed by atoms with E-state index in [9.17, 15) is 9.59 Å². The number of amides is 2. The predicted octanol–water partition coefficient (Wildman–Crippen LogP) is 1.99. The van der Waals surface area contributed by atoms with Gasteiger partial charge in [0.2, 0.25) is 11.8 Å². The van der Waals surface area contributed by atoms with E-state index in [2.05, 4.69) is 15.9 Å². The first-order chi connectivity index (χ1) is 8.58. The summed E-state index contributed by atoms with van der Waals surface area (Å²) in [5.41, 5.74) is 6.96. The summed E-state index contributed by atoms with van der Waals surface area (Å²) in [6, 6.07) is 7.26. The normalized spacial score (nSPS) is 18.0. The molecule has 96 valence electrons. The van der Waals surface area contributed by atoms with E-state index in [0.29, 0.717) is 19.3 Å². The number of nitrogens with two attached hydrogens (primary N) is 1. The Labute approximate surface area is 114 Å². The van der Waals surface area contributed by atoms with Crippen LogP contribution < -0.4 is 5.73 Å². The fourth-order valence-electron chi connectivity index (χ4n) is 2.02. The molecule has 0 aromatic heterocycles. The Balaban J connectivity index is 2.06. The average molecular weight is 311 g/mol. The van der Waals surface area contributed by atoms with Gasteiger partial charge in [-0.1, -0.05) is 28.1 Å². The highest BCUT2D eigenvalue weighted by Gasteiger charge is 2.27. The Bertz CT molecular complexity index is 443. The number of piperidine rings is 1. The molecule has 4 nitrogen and oxygen atoms in total. The van der Waals surface area contributed by atoms with Crippen molar-refractivity contribution in [2.45, 2.75) is 25.3 Å². The molecule has 1 aromatic rings. The van der Waals surface area contributed by atoms with Gasteiger partial charge >= 0.3 is 0 Å². The molecule has 1 aliphatic rings. The van der Waals surface area contributed by atoms with Crippen molar-refractivity contribution >= 4 is 27.7 Å². The second kappa shape index (κ2) is 5.63. The maximum atomic E-state index is 11.7. The zero-order valence-electron chi connectivity index (χ0n) is 9.93. The van der Waals surface area contributed by atoms with Gasteiger partial charge < -0.3 is 5.73 Å². The average Bonchev–Trinajstić information content (AvgIpc) is 2.34. The fourth-order valence-corrected chi connectivity index (χ4v) is 2.28. The van der Waals surface area contributed by atoms with Crippen LogP contribution in [0.4, 0.5) is 0 Å². The van der Waals surface area contributed by atoms with Crippen LogP contribution in [0, 0.1) is 0 Å². The molecule has 2 rings (SSSR count). The van der Waals surface area contributed by atoms with Crippen LogP contribution in [0.2, 0.25) is 0 Å². The zero-order valence-corrected chi connectivity index (χ0v) is 11.5. The summed E-state index contributed by atoms with van der Waals surface area (Å²) in [6.45, 7) is 0.263. The summed E-state index contributed by atoms with van der Waals surface area (Å²) in [4.78, 5) is 24.6. The van der Waals surface area contributed by atoms with Crippen molar-refractivity contribution in [1.29, 1.82) is 0 Å². The van der Waals surface area contributed by atoms with Gasteiger partial charge in [-0.05, 0) is 24.1 Å². The first-order valence-electron chi connectivity index (χ1n) is 5.92. The Morgan fingerprint density at radius 1 is 1.17 bits per heavy atom. The van der Waals surface area contributed by atoms with Crippen LogP contribution in [0.1, 0.15) is 30.9 Å². The van der Waals surface area contributed by atoms with Crippen molar-refractivity contribution in [3.8, 4) is 0 Å². The monoisotopic (exact) mass is 310 g/mol. The van der Waals surface area contributed by atoms with Crippen molar-refractivity contribution in [1.82, 2.24) is 4.90 Å². The summed E-state index contributed by atoms with van der Waals surface area (Å²) in [7, 11) is 0. The minimum atomic E-state index is -0.330. The summed E-state index contributed by atoms with van der Waals surface area (Å²) < 4.78 is 0.976. The third-order valence-corrected chi connectivity index (χ3v) is 3.59. The van der Waals surface area contributed by atoms with Gasteiger partial charge in [-0.2, -0.15) is 0 Å². The van der Waals surface area contributed by atoms with Gasteiger partial charge in [0.25, 0.3) is 0 Å². The zero-order chi connectivity index (χ0) is 13.1. The molecule has 1 aliphatic heterocycles. The summed E-state index contributed by atoms with van der Waals surface area (Å²) in [5.74, 6) is -0.224. The molecule has 1 fully saturated rings. The number of halogens is 1. The number of imide groups is 1. The largest absolute Gasteiger partial charge is 0.322 e. The fraction of sp³-hybridized carbons (Fsp3) is 0.385. The SMILES string of the molecule is N[C@@H](CN1C(=O)CCCC1=O)c1ccc(Br)cc1. The third kappa shape index (κ3) is 2.97. The number of carbonyl (C=O) groups is 2. The molecule has 1 heterocycles. The van der Waals surface area contributed by atoms with E-state index in [-0.39, 0.29) is 24.4 Å². The molecule has 1 aromatic carbocycles. The topological polar surface area (TPSA) is 63.4 Å². The molecule has 18 heavy (non-hydrogen) atoms. The molecule has 2 amide bonds. The highest BCUT2D eigenvalue weighted by molar-refractivity contribution is 9.10. The molecule has 5 heteroatoms. The summed E-state index contributed by atoms with van der Waals surface area (Å²) in [5, 5.41) is 0. The minimum absolute atomic E-state index is 0.112. The number of hydrogen-bond acceptors (Lipinski definition) is 3. The highest BCUT2D eigenvalue weighted by atomic mass is 79.9. The van der Waals surface area contributed by atoms with E-state index in [1.807, 2.05) is 24.3 Å². The third-order valence-electron chi connectivity index (χ3n) is 3.06. The summed E-state index contributed by atoms with van der Waals surface area (Å²) in [6.07, 6.45) is 1.54. The first-order valence-corrected chi connectivity index (χ1v) is 6.71. The van der Waals surface area contributed by atoms with E-state index in [0.717, 1.165) is 10.0 Å². The Hall–Kier alpha value is -1.20. The molecule has 0 spiro atoms. The Morgan fingerprint density at radius 3 is 2.28 bits per heavy atom. The number of hydrogen-bond donors (Lipinski definition) is 1. The Kier molecular flexibility index (Phi) is 4.14. The quantitative estimate of drug-likeness (QED) is 0.868. The van der Waals surface area contributed by atoms with Crippen molar-refractivity contribution in [3.63, 3.8) is 0 Å².